The summed E-state index contributed by atoms with van der Waals surface area (Å²) in [5, 5.41) is 0. The van der Waals surface area contributed by atoms with Gasteiger partial charge in [0.25, 0.3) is 0 Å². The summed E-state index contributed by atoms with van der Waals surface area (Å²) >= 11 is 0. The van der Waals surface area contributed by atoms with Gasteiger partial charge in [0.05, 0.1) is 0 Å². The molecule has 0 aromatic heterocycles. The predicted molar refractivity (Wildman–Crippen MR) is 73.4 cm³/mol. The summed E-state index contributed by atoms with van der Waals surface area (Å²) in [6.45, 7) is 8.66. The number of hydrogen-bond donors (Lipinski definition) is 0. The van der Waals surface area contributed by atoms with Gasteiger partial charge >= 0.3 is 8.17 Å². The first kappa shape index (κ1) is 14.7. The normalized spacial score (nSPS) is 32.1. The molecular formula is C14H21O4P. The molecule has 0 radical (unpaired) electrons. The highest BCUT2D eigenvalue weighted by Gasteiger charge is 2.48. The number of phosphoric acid groups is 1. The Bertz CT molecular complexity index is 417. The van der Waals surface area contributed by atoms with Crippen molar-refractivity contribution in [3.8, 4) is 5.75 Å². The highest BCUT2D eigenvalue weighted by atomic mass is 31.2. The SMILES string of the molecule is C[C@H]1O[P+]([O-])(Oc2ccccc2)OC[C@@H]1C(C)(C)C. The third-order valence-corrected chi connectivity index (χ3v) is 4.84. The van der Waals surface area contributed by atoms with Gasteiger partial charge in [-0.25, -0.2) is 0 Å². The molecule has 1 aromatic carbocycles. The van der Waals surface area contributed by atoms with Crippen LogP contribution >= 0.6 is 8.17 Å². The first-order valence-electron chi connectivity index (χ1n) is 6.48. The van der Waals surface area contributed by atoms with E-state index in [-0.39, 0.29) is 17.4 Å². The van der Waals surface area contributed by atoms with Gasteiger partial charge in [-0.3, -0.25) is 4.52 Å². The molecule has 0 N–H and O–H groups in total. The zero-order chi connectivity index (χ0) is 14.1. The monoisotopic (exact) mass is 284 g/mol. The molecule has 1 fully saturated rings. The maximum atomic E-state index is 12.4. The van der Waals surface area contributed by atoms with Crippen LogP contribution in [-0.4, -0.2) is 12.7 Å². The Labute approximate surface area is 115 Å². The molecule has 0 aliphatic carbocycles. The van der Waals surface area contributed by atoms with Crippen molar-refractivity contribution in [2.24, 2.45) is 11.3 Å². The third-order valence-electron chi connectivity index (χ3n) is 3.35. The lowest BCUT2D eigenvalue weighted by Gasteiger charge is -2.41. The van der Waals surface area contributed by atoms with Crippen molar-refractivity contribution >= 4 is 8.17 Å². The molecule has 0 spiro atoms. The number of hydrogen-bond acceptors (Lipinski definition) is 4. The topological polar surface area (TPSA) is 50.8 Å². The zero-order valence-corrected chi connectivity index (χ0v) is 12.7. The number of rotatable bonds is 2. The zero-order valence-electron chi connectivity index (χ0n) is 11.8. The fourth-order valence-electron chi connectivity index (χ4n) is 2.23. The second-order valence-corrected chi connectivity index (χ2v) is 7.48. The smallest absolute Gasteiger partial charge is 0.429 e. The maximum absolute atomic E-state index is 12.4. The van der Waals surface area contributed by atoms with E-state index < -0.39 is 8.17 Å². The average Bonchev–Trinajstić information content (AvgIpc) is 2.27. The molecule has 1 saturated heterocycles. The van der Waals surface area contributed by atoms with Crippen molar-refractivity contribution in [1.29, 1.82) is 0 Å². The van der Waals surface area contributed by atoms with Gasteiger partial charge in [0.1, 0.15) is 12.7 Å². The van der Waals surface area contributed by atoms with Crippen molar-refractivity contribution in [3.63, 3.8) is 0 Å². The lowest BCUT2D eigenvalue weighted by atomic mass is 9.78. The Balaban J connectivity index is 2.04. The van der Waals surface area contributed by atoms with Crippen molar-refractivity contribution in [3.05, 3.63) is 30.3 Å². The Morgan fingerprint density at radius 2 is 1.89 bits per heavy atom. The van der Waals surface area contributed by atoms with Crippen LogP contribution in [0.1, 0.15) is 27.7 Å². The van der Waals surface area contributed by atoms with Crippen molar-refractivity contribution in [2.45, 2.75) is 33.8 Å². The largest absolute Gasteiger partial charge is 0.598 e. The number of para-hydroxylation sites is 1. The van der Waals surface area contributed by atoms with E-state index >= 15 is 0 Å². The Morgan fingerprint density at radius 1 is 1.26 bits per heavy atom. The Morgan fingerprint density at radius 3 is 2.42 bits per heavy atom. The van der Waals surface area contributed by atoms with Gasteiger partial charge in [-0.1, -0.05) is 39.0 Å². The van der Waals surface area contributed by atoms with Crippen LogP contribution in [0.25, 0.3) is 0 Å². The summed E-state index contributed by atoms with van der Waals surface area (Å²) in [6.07, 6.45) is -0.164. The molecule has 4 nitrogen and oxygen atoms in total. The van der Waals surface area contributed by atoms with Gasteiger partial charge in [-0.15, -0.1) is 0 Å². The molecule has 1 heterocycles. The molecule has 0 amide bonds. The molecule has 19 heavy (non-hydrogen) atoms. The molecule has 1 aliphatic heterocycles. The summed E-state index contributed by atoms with van der Waals surface area (Å²) in [4.78, 5) is 12.4. The lowest BCUT2D eigenvalue weighted by molar-refractivity contribution is -0.259. The third kappa shape index (κ3) is 3.67. The van der Waals surface area contributed by atoms with Crippen LogP contribution in [0.15, 0.2) is 30.3 Å². The molecule has 3 atom stereocenters. The molecule has 2 rings (SSSR count). The minimum absolute atomic E-state index is 0.0391. The highest BCUT2D eigenvalue weighted by molar-refractivity contribution is 7.54. The van der Waals surface area contributed by atoms with Crippen LogP contribution in [0.3, 0.4) is 0 Å². The van der Waals surface area contributed by atoms with E-state index in [1.54, 1.807) is 12.1 Å². The second kappa shape index (κ2) is 5.37. The summed E-state index contributed by atoms with van der Waals surface area (Å²) in [7, 11) is -3.50. The first-order chi connectivity index (χ1) is 8.80. The highest BCUT2D eigenvalue weighted by Crippen LogP contribution is 2.59. The second-order valence-electron chi connectivity index (χ2n) is 5.93. The molecule has 1 unspecified atom stereocenters. The molecular weight excluding hydrogens is 263 g/mol. The minimum Gasteiger partial charge on any atom is -0.598 e. The number of phosphoric ester groups is 1. The predicted octanol–water partition coefficient (Wildman–Crippen LogP) is 3.20. The molecule has 1 aromatic rings. The van der Waals surface area contributed by atoms with E-state index in [4.69, 9.17) is 13.6 Å². The summed E-state index contributed by atoms with van der Waals surface area (Å²) in [5.74, 6) is 0.682. The van der Waals surface area contributed by atoms with Gasteiger partial charge in [0, 0.05) is 5.92 Å². The lowest BCUT2D eigenvalue weighted by Crippen LogP contribution is -2.43. The fourth-order valence-corrected chi connectivity index (χ4v) is 3.66. The van der Waals surface area contributed by atoms with Gasteiger partial charge in [-0.05, 0) is 24.5 Å². The van der Waals surface area contributed by atoms with E-state index in [2.05, 4.69) is 20.8 Å². The average molecular weight is 284 g/mol. The van der Waals surface area contributed by atoms with E-state index in [1.807, 2.05) is 25.1 Å². The van der Waals surface area contributed by atoms with E-state index in [0.29, 0.717) is 12.4 Å². The van der Waals surface area contributed by atoms with Crippen molar-refractivity contribution in [1.82, 2.24) is 0 Å². The van der Waals surface area contributed by atoms with Crippen LogP contribution in [0.4, 0.5) is 0 Å². The van der Waals surface area contributed by atoms with Gasteiger partial charge in [0.15, 0.2) is 5.75 Å². The quantitative estimate of drug-likeness (QED) is 0.782. The van der Waals surface area contributed by atoms with E-state index in [0.717, 1.165) is 0 Å². The van der Waals surface area contributed by atoms with Crippen molar-refractivity contribution in [2.75, 3.05) is 6.61 Å². The fraction of sp³-hybridized carbons (Fsp3) is 0.571. The first-order valence-corrected chi connectivity index (χ1v) is 7.94. The van der Waals surface area contributed by atoms with Crippen LogP contribution in [0, 0.1) is 11.3 Å². The van der Waals surface area contributed by atoms with Gasteiger partial charge in [0.2, 0.25) is 0 Å². The summed E-state index contributed by atoms with van der Waals surface area (Å²) < 4.78 is 16.3. The summed E-state index contributed by atoms with van der Waals surface area (Å²) in [5.41, 5.74) is 0.0391. The van der Waals surface area contributed by atoms with E-state index in [9.17, 15) is 4.89 Å². The molecule has 0 bridgehead atoms. The van der Waals surface area contributed by atoms with Crippen molar-refractivity contribution < 1.29 is 18.5 Å². The van der Waals surface area contributed by atoms with Crippen LogP contribution < -0.4 is 9.42 Å². The summed E-state index contributed by atoms with van der Waals surface area (Å²) in [6, 6.07) is 8.95. The minimum atomic E-state index is -3.50. The van der Waals surface area contributed by atoms with Crippen LogP contribution in [0.2, 0.25) is 0 Å². The number of benzene rings is 1. The van der Waals surface area contributed by atoms with Gasteiger partial charge in [-0.2, -0.15) is 9.05 Å². The molecule has 0 saturated carbocycles. The maximum Gasteiger partial charge on any atom is 0.429 e. The van der Waals surface area contributed by atoms with Gasteiger partial charge < -0.3 is 4.89 Å². The van der Waals surface area contributed by atoms with E-state index in [1.165, 1.54) is 0 Å². The Kier molecular flexibility index (Phi) is 4.17. The Hall–Kier alpha value is -0.670. The van der Waals surface area contributed by atoms with Crippen LogP contribution in [-0.2, 0) is 9.05 Å². The van der Waals surface area contributed by atoms with Crippen LogP contribution in [0.5, 0.6) is 5.75 Å². The molecule has 1 aliphatic rings. The molecule has 5 heteroatoms. The standard InChI is InChI=1S/C14H21O4P/c1-11-13(14(2,3)4)10-16-19(15,17-11)18-12-8-6-5-7-9-12/h5-9,11,13H,10H2,1-4H3/t11-,13+,19?/m1/s1. The molecule has 106 valence electrons.